The van der Waals surface area contributed by atoms with Crippen molar-refractivity contribution in [1.82, 2.24) is 10.1 Å². The normalized spacial score (nSPS) is 10.8. The Bertz CT molecular complexity index is 712. The van der Waals surface area contributed by atoms with Gasteiger partial charge >= 0.3 is 0 Å². The van der Waals surface area contributed by atoms with E-state index in [9.17, 15) is 0 Å². The van der Waals surface area contributed by atoms with Gasteiger partial charge in [-0.15, -0.1) is 11.8 Å². The van der Waals surface area contributed by atoms with Crippen molar-refractivity contribution in [3.63, 3.8) is 0 Å². The van der Waals surface area contributed by atoms with Crippen LogP contribution in [0.25, 0.3) is 11.6 Å². The van der Waals surface area contributed by atoms with Gasteiger partial charge in [0.15, 0.2) is 5.76 Å². The largest absolute Gasteiger partial charge is 0.461 e. The molecule has 0 saturated carbocycles. The Labute approximate surface area is 124 Å². The second-order valence-electron chi connectivity index (χ2n) is 3.96. The van der Waals surface area contributed by atoms with E-state index < -0.39 is 0 Å². The molecule has 0 aliphatic carbocycles. The van der Waals surface area contributed by atoms with Crippen LogP contribution in [0.2, 0.25) is 5.02 Å². The Morgan fingerprint density at radius 1 is 1.30 bits per heavy atom. The summed E-state index contributed by atoms with van der Waals surface area (Å²) < 4.78 is 10.4. The van der Waals surface area contributed by atoms with Crippen molar-refractivity contribution in [1.29, 1.82) is 0 Å². The van der Waals surface area contributed by atoms with E-state index in [1.165, 1.54) is 11.8 Å². The number of hydrogen-bond donors (Lipinski definition) is 1. The molecule has 2 heterocycles. The van der Waals surface area contributed by atoms with Crippen molar-refractivity contribution in [2.24, 2.45) is 0 Å². The first-order valence-electron chi connectivity index (χ1n) is 5.76. The predicted octanol–water partition coefficient (Wildman–Crippen LogP) is 3.86. The molecule has 102 valence electrons. The number of furan rings is 1. The Morgan fingerprint density at radius 2 is 2.20 bits per heavy atom. The summed E-state index contributed by atoms with van der Waals surface area (Å²) in [5.74, 6) is 2.02. The Balaban J connectivity index is 1.71. The molecule has 20 heavy (non-hydrogen) atoms. The molecule has 0 aliphatic heterocycles. The molecule has 3 rings (SSSR count). The van der Waals surface area contributed by atoms with Crippen molar-refractivity contribution in [2.45, 2.75) is 10.6 Å². The van der Waals surface area contributed by atoms with Crippen molar-refractivity contribution < 1.29 is 8.94 Å². The van der Waals surface area contributed by atoms with Gasteiger partial charge in [-0.1, -0.05) is 16.8 Å². The van der Waals surface area contributed by atoms with Gasteiger partial charge < -0.3 is 14.7 Å². The van der Waals surface area contributed by atoms with Crippen LogP contribution in [0.4, 0.5) is 5.69 Å². The molecule has 0 radical (unpaired) electrons. The Hall–Kier alpha value is -1.92. The molecule has 0 saturated heterocycles. The number of anilines is 1. The zero-order valence-electron chi connectivity index (χ0n) is 10.2. The van der Waals surface area contributed by atoms with Crippen molar-refractivity contribution in [2.75, 3.05) is 5.73 Å². The highest BCUT2D eigenvalue weighted by atomic mass is 35.5. The maximum absolute atomic E-state index is 5.94. The monoisotopic (exact) mass is 307 g/mol. The fraction of sp³-hybridized carbons (Fsp3) is 0.0769. The SMILES string of the molecule is Nc1ccc(Cl)cc1SCc1nc(-c2ccco2)no1. The van der Waals surface area contributed by atoms with Crippen molar-refractivity contribution in [3.05, 3.63) is 47.5 Å². The molecular weight excluding hydrogens is 298 g/mol. The smallest absolute Gasteiger partial charge is 0.238 e. The number of halogens is 1. The second-order valence-corrected chi connectivity index (χ2v) is 5.41. The number of nitrogen functional groups attached to an aromatic ring is 1. The van der Waals surface area contributed by atoms with Crippen LogP contribution < -0.4 is 5.73 Å². The molecule has 0 fully saturated rings. The molecule has 7 heteroatoms. The first kappa shape index (κ1) is 13.1. The Morgan fingerprint density at radius 3 is 3.00 bits per heavy atom. The van der Waals surface area contributed by atoms with Crippen LogP contribution in [-0.4, -0.2) is 10.1 Å². The molecule has 0 spiro atoms. The zero-order chi connectivity index (χ0) is 13.9. The van der Waals surface area contributed by atoms with E-state index in [2.05, 4.69) is 10.1 Å². The van der Waals surface area contributed by atoms with E-state index in [0.717, 1.165) is 4.90 Å². The average molecular weight is 308 g/mol. The third-order valence-electron chi connectivity index (χ3n) is 2.54. The fourth-order valence-electron chi connectivity index (χ4n) is 1.59. The molecule has 2 aromatic heterocycles. The van der Waals surface area contributed by atoms with Crippen LogP contribution in [0.5, 0.6) is 0 Å². The molecule has 0 bridgehead atoms. The van der Waals surface area contributed by atoms with E-state index in [-0.39, 0.29) is 0 Å². The molecule has 0 aliphatic rings. The lowest BCUT2D eigenvalue weighted by Gasteiger charge is -2.03. The van der Waals surface area contributed by atoms with Crippen LogP contribution in [-0.2, 0) is 5.75 Å². The predicted molar refractivity (Wildman–Crippen MR) is 77.4 cm³/mol. The fourth-order valence-corrected chi connectivity index (χ4v) is 2.67. The van der Waals surface area contributed by atoms with Gasteiger partial charge in [0.1, 0.15) is 0 Å². The summed E-state index contributed by atoms with van der Waals surface area (Å²) in [6.07, 6.45) is 1.56. The van der Waals surface area contributed by atoms with Gasteiger partial charge in [0.25, 0.3) is 0 Å². The van der Waals surface area contributed by atoms with Gasteiger partial charge in [-0.25, -0.2) is 0 Å². The molecule has 3 aromatic rings. The van der Waals surface area contributed by atoms with E-state index in [1.54, 1.807) is 30.5 Å². The summed E-state index contributed by atoms with van der Waals surface area (Å²) in [6.45, 7) is 0. The van der Waals surface area contributed by atoms with E-state index in [1.807, 2.05) is 6.07 Å². The Kier molecular flexibility index (Phi) is 3.66. The van der Waals surface area contributed by atoms with Gasteiger partial charge in [-0.2, -0.15) is 4.98 Å². The van der Waals surface area contributed by atoms with Gasteiger partial charge in [-0.05, 0) is 30.3 Å². The molecule has 0 unspecified atom stereocenters. The average Bonchev–Trinajstić information content (AvgIpc) is 3.09. The van der Waals surface area contributed by atoms with Gasteiger partial charge in [0.2, 0.25) is 11.7 Å². The molecule has 0 atom stereocenters. The van der Waals surface area contributed by atoms with E-state index in [4.69, 9.17) is 26.3 Å². The van der Waals surface area contributed by atoms with Gasteiger partial charge in [0, 0.05) is 15.6 Å². The highest BCUT2D eigenvalue weighted by Gasteiger charge is 2.11. The molecule has 1 aromatic carbocycles. The number of thioether (sulfide) groups is 1. The van der Waals surface area contributed by atoms with Gasteiger partial charge in [-0.3, -0.25) is 0 Å². The maximum atomic E-state index is 5.94. The van der Waals surface area contributed by atoms with Crippen LogP contribution in [0.1, 0.15) is 5.89 Å². The number of hydrogen-bond acceptors (Lipinski definition) is 6. The summed E-state index contributed by atoms with van der Waals surface area (Å²) in [5.41, 5.74) is 6.55. The van der Waals surface area contributed by atoms with Crippen LogP contribution in [0.3, 0.4) is 0 Å². The third-order valence-corrected chi connectivity index (χ3v) is 3.83. The summed E-state index contributed by atoms with van der Waals surface area (Å²) in [6, 6.07) is 8.88. The highest BCUT2D eigenvalue weighted by molar-refractivity contribution is 7.98. The topological polar surface area (TPSA) is 78.1 Å². The first-order chi connectivity index (χ1) is 9.72. The summed E-state index contributed by atoms with van der Waals surface area (Å²) >= 11 is 7.43. The van der Waals surface area contributed by atoms with E-state index in [0.29, 0.717) is 33.9 Å². The highest BCUT2D eigenvalue weighted by Crippen LogP contribution is 2.30. The first-order valence-corrected chi connectivity index (χ1v) is 7.13. The minimum Gasteiger partial charge on any atom is -0.461 e. The number of aromatic nitrogens is 2. The van der Waals surface area contributed by atoms with Crippen molar-refractivity contribution in [3.8, 4) is 11.6 Å². The minimum absolute atomic E-state index is 0.435. The van der Waals surface area contributed by atoms with Crippen molar-refractivity contribution >= 4 is 29.1 Å². The lowest BCUT2D eigenvalue weighted by Crippen LogP contribution is -1.89. The third kappa shape index (κ3) is 2.81. The number of nitrogens with zero attached hydrogens (tertiary/aromatic N) is 2. The quantitative estimate of drug-likeness (QED) is 0.582. The van der Waals surface area contributed by atoms with Crippen LogP contribution in [0.15, 0.2) is 50.4 Å². The molecule has 2 N–H and O–H groups in total. The summed E-state index contributed by atoms with van der Waals surface area (Å²) in [7, 11) is 0. The van der Waals surface area contributed by atoms with Crippen LogP contribution >= 0.6 is 23.4 Å². The minimum atomic E-state index is 0.435. The van der Waals surface area contributed by atoms with E-state index >= 15 is 0 Å². The molecule has 5 nitrogen and oxygen atoms in total. The summed E-state index contributed by atoms with van der Waals surface area (Å²) in [5, 5.41) is 4.50. The lowest BCUT2D eigenvalue weighted by atomic mass is 10.3. The maximum Gasteiger partial charge on any atom is 0.238 e. The number of nitrogens with two attached hydrogens (primary N) is 1. The lowest BCUT2D eigenvalue weighted by molar-refractivity contribution is 0.390. The second kappa shape index (κ2) is 5.60. The number of rotatable bonds is 4. The molecular formula is C13H10ClN3O2S. The molecule has 0 amide bonds. The number of benzene rings is 1. The van der Waals surface area contributed by atoms with Crippen LogP contribution in [0, 0.1) is 0 Å². The standard InChI is InChI=1S/C13H10ClN3O2S/c14-8-3-4-9(15)11(6-8)20-7-12-16-13(17-19-12)10-2-1-5-18-10/h1-6H,7,15H2. The van der Waals surface area contributed by atoms with Gasteiger partial charge in [0.05, 0.1) is 12.0 Å². The zero-order valence-corrected chi connectivity index (χ0v) is 11.8. The summed E-state index contributed by atoms with van der Waals surface area (Å²) in [4.78, 5) is 5.14.